The van der Waals surface area contributed by atoms with Crippen molar-refractivity contribution in [1.29, 1.82) is 0 Å². The van der Waals surface area contributed by atoms with Gasteiger partial charge in [-0.25, -0.2) is 4.98 Å². The molecular weight excluding hydrogens is 270 g/mol. The van der Waals surface area contributed by atoms with E-state index in [1.54, 1.807) is 12.3 Å². The molecule has 2 rings (SSSR count). The third kappa shape index (κ3) is 4.17. The highest BCUT2D eigenvalue weighted by Crippen LogP contribution is 2.22. The summed E-state index contributed by atoms with van der Waals surface area (Å²) in [5.74, 6) is 0.399. The van der Waals surface area contributed by atoms with E-state index in [1.807, 2.05) is 13.8 Å². The fraction of sp³-hybridized carbons (Fsp3) is 0.267. The number of aromatic hydroxyl groups is 1. The number of ether oxygens (including phenoxy) is 1. The van der Waals surface area contributed by atoms with Gasteiger partial charge in [0.25, 0.3) is 5.91 Å². The van der Waals surface area contributed by atoms with E-state index in [0.717, 1.165) is 12.1 Å². The van der Waals surface area contributed by atoms with Crippen molar-refractivity contribution in [3.8, 4) is 11.5 Å². The highest BCUT2D eigenvalue weighted by atomic mass is 16.5. The molecule has 0 aliphatic rings. The summed E-state index contributed by atoms with van der Waals surface area (Å²) in [4.78, 5) is 20.2. The molecule has 0 aliphatic heterocycles. The number of aromatic nitrogens is 2. The number of carbonyl (C=O) groups excluding carboxylic acids is 1. The maximum absolute atomic E-state index is 12.1. The average Bonchev–Trinajstić information content (AvgIpc) is 2.47. The van der Waals surface area contributed by atoms with Crippen molar-refractivity contribution in [2.24, 2.45) is 0 Å². The number of phenolic OH excluding ortho intramolecular Hbond substituents is 1. The van der Waals surface area contributed by atoms with E-state index in [4.69, 9.17) is 4.74 Å². The van der Waals surface area contributed by atoms with Crippen molar-refractivity contribution in [3.05, 3.63) is 41.9 Å². The minimum atomic E-state index is -0.384. The molecule has 0 fully saturated rings. The van der Waals surface area contributed by atoms with Gasteiger partial charge in [-0.15, -0.1) is 0 Å². The third-order valence-electron chi connectivity index (χ3n) is 2.65. The van der Waals surface area contributed by atoms with Gasteiger partial charge in [0.2, 0.25) is 0 Å². The largest absolute Gasteiger partial charge is 0.508 e. The van der Waals surface area contributed by atoms with Gasteiger partial charge in [0.1, 0.15) is 11.5 Å². The molecule has 110 valence electrons. The topological polar surface area (TPSA) is 84.3 Å². The zero-order valence-electron chi connectivity index (χ0n) is 12.0. The van der Waals surface area contributed by atoms with Crippen LogP contribution in [0, 0.1) is 6.92 Å². The highest BCUT2D eigenvalue weighted by molar-refractivity contribution is 6.04. The van der Waals surface area contributed by atoms with Crippen molar-refractivity contribution in [3.63, 3.8) is 0 Å². The number of aryl methyl sites for hydroxylation is 1. The van der Waals surface area contributed by atoms with Crippen LogP contribution in [0.2, 0.25) is 0 Å². The Kier molecular flexibility index (Phi) is 4.71. The number of carbonyl (C=O) groups is 1. The van der Waals surface area contributed by atoms with Gasteiger partial charge < -0.3 is 15.2 Å². The van der Waals surface area contributed by atoms with E-state index in [-0.39, 0.29) is 11.7 Å². The van der Waals surface area contributed by atoms with Gasteiger partial charge in [-0.2, -0.15) is 0 Å². The lowest BCUT2D eigenvalue weighted by Crippen LogP contribution is -2.13. The van der Waals surface area contributed by atoms with Crippen LogP contribution in [0.3, 0.4) is 0 Å². The Hall–Kier alpha value is -2.63. The molecule has 1 heterocycles. The summed E-state index contributed by atoms with van der Waals surface area (Å²) in [6, 6.07) is 4.42. The van der Waals surface area contributed by atoms with Crippen LogP contribution in [0.1, 0.15) is 29.4 Å². The molecule has 0 saturated heterocycles. The van der Waals surface area contributed by atoms with Crippen LogP contribution in [0.15, 0.2) is 30.6 Å². The van der Waals surface area contributed by atoms with E-state index in [2.05, 4.69) is 15.3 Å². The van der Waals surface area contributed by atoms with Crippen molar-refractivity contribution >= 4 is 11.7 Å². The van der Waals surface area contributed by atoms with Gasteiger partial charge in [0.05, 0.1) is 24.7 Å². The number of anilines is 1. The van der Waals surface area contributed by atoms with E-state index in [1.165, 1.54) is 18.3 Å². The number of hydrogen-bond donors (Lipinski definition) is 2. The van der Waals surface area contributed by atoms with Crippen LogP contribution < -0.4 is 10.1 Å². The van der Waals surface area contributed by atoms with Crippen molar-refractivity contribution in [2.45, 2.75) is 20.3 Å². The second-order valence-electron chi connectivity index (χ2n) is 4.56. The van der Waals surface area contributed by atoms with E-state index in [0.29, 0.717) is 23.7 Å². The van der Waals surface area contributed by atoms with Gasteiger partial charge in [-0.3, -0.25) is 9.78 Å². The lowest BCUT2D eigenvalue weighted by Gasteiger charge is -2.08. The quantitative estimate of drug-likeness (QED) is 0.882. The maximum atomic E-state index is 12.1. The second kappa shape index (κ2) is 6.69. The Morgan fingerprint density at radius 1 is 1.29 bits per heavy atom. The number of benzene rings is 1. The molecule has 2 aromatic rings. The summed E-state index contributed by atoms with van der Waals surface area (Å²) < 4.78 is 5.42. The molecule has 0 unspecified atom stereocenters. The van der Waals surface area contributed by atoms with Gasteiger partial charge in [0.15, 0.2) is 5.82 Å². The van der Waals surface area contributed by atoms with Crippen LogP contribution in [0.4, 0.5) is 5.82 Å². The van der Waals surface area contributed by atoms with E-state index < -0.39 is 0 Å². The van der Waals surface area contributed by atoms with Gasteiger partial charge in [-0.1, -0.05) is 6.92 Å². The fourth-order valence-corrected chi connectivity index (χ4v) is 1.66. The van der Waals surface area contributed by atoms with Crippen molar-refractivity contribution in [2.75, 3.05) is 11.9 Å². The van der Waals surface area contributed by atoms with Crippen LogP contribution in [-0.2, 0) is 0 Å². The maximum Gasteiger partial charge on any atom is 0.257 e. The molecule has 0 bridgehead atoms. The Morgan fingerprint density at radius 3 is 2.76 bits per heavy atom. The van der Waals surface area contributed by atoms with Crippen molar-refractivity contribution in [1.82, 2.24) is 9.97 Å². The number of nitrogens with zero attached hydrogens (tertiary/aromatic N) is 2. The molecule has 1 amide bonds. The van der Waals surface area contributed by atoms with Gasteiger partial charge in [0, 0.05) is 11.6 Å². The highest BCUT2D eigenvalue weighted by Gasteiger charge is 2.10. The first kappa shape index (κ1) is 14.8. The van der Waals surface area contributed by atoms with E-state index in [9.17, 15) is 9.90 Å². The Morgan fingerprint density at radius 2 is 2.10 bits per heavy atom. The molecule has 1 aromatic heterocycles. The minimum Gasteiger partial charge on any atom is -0.508 e. The predicted molar refractivity (Wildman–Crippen MR) is 78.6 cm³/mol. The zero-order valence-corrected chi connectivity index (χ0v) is 12.0. The van der Waals surface area contributed by atoms with Crippen LogP contribution in [-0.4, -0.2) is 27.6 Å². The molecule has 6 nitrogen and oxygen atoms in total. The molecular formula is C15H17N3O3. The van der Waals surface area contributed by atoms with Crippen molar-refractivity contribution < 1.29 is 14.6 Å². The first-order valence-electron chi connectivity index (χ1n) is 6.65. The van der Waals surface area contributed by atoms with Crippen LogP contribution in [0.5, 0.6) is 11.5 Å². The third-order valence-corrected chi connectivity index (χ3v) is 2.65. The lowest BCUT2D eigenvalue weighted by atomic mass is 10.2. The normalized spacial score (nSPS) is 10.2. The first-order chi connectivity index (χ1) is 10.1. The number of hydrogen-bond acceptors (Lipinski definition) is 5. The van der Waals surface area contributed by atoms with Crippen LogP contribution >= 0.6 is 0 Å². The smallest absolute Gasteiger partial charge is 0.257 e. The molecule has 0 spiro atoms. The lowest BCUT2D eigenvalue weighted by molar-refractivity contribution is 0.102. The summed E-state index contributed by atoms with van der Waals surface area (Å²) in [7, 11) is 0. The molecule has 0 radical (unpaired) electrons. The Balaban J connectivity index is 2.14. The SMILES string of the molecule is CCCOc1cc(O)cc(C(=O)Nc2cnc(C)cn2)c1. The summed E-state index contributed by atoms with van der Waals surface area (Å²) in [5.41, 5.74) is 1.06. The summed E-state index contributed by atoms with van der Waals surface area (Å²) in [6.07, 6.45) is 3.88. The number of rotatable bonds is 5. The summed E-state index contributed by atoms with van der Waals surface area (Å²) in [5, 5.41) is 12.3. The Bertz CT molecular complexity index is 627. The van der Waals surface area contributed by atoms with Gasteiger partial charge in [-0.05, 0) is 25.5 Å². The minimum absolute atomic E-state index is 0.0243. The van der Waals surface area contributed by atoms with E-state index >= 15 is 0 Å². The number of nitrogens with one attached hydrogen (secondary N) is 1. The monoisotopic (exact) mass is 287 g/mol. The second-order valence-corrected chi connectivity index (χ2v) is 4.56. The molecule has 1 aromatic carbocycles. The van der Waals surface area contributed by atoms with Gasteiger partial charge >= 0.3 is 0 Å². The molecule has 2 N–H and O–H groups in total. The average molecular weight is 287 g/mol. The number of phenols is 1. The summed E-state index contributed by atoms with van der Waals surface area (Å²) in [6.45, 7) is 4.31. The standard InChI is InChI=1S/C15H17N3O3/c1-3-4-21-13-6-11(5-12(19)7-13)15(20)18-14-9-16-10(2)8-17-14/h5-9,19H,3-4H2,1-2H3,(H,17,18,20). The first-order valence-corrected chi connectivity index (χ1v) is 6.65. The predicted octanol–water partition coefficient (Wildman–Crippen LogP) is 2.53. The fourth-order valence-electron chi connectivity index (χ4n) is 1.66. The molecule has 6 heteroatoms. The van der Waals surface area contributed by atoms with Crippen LogP contribution in [0.25, 0.3) is 0 Å². The molecule has 21 heavy (non-hydrogen) atoms. The number of amides is 1. The Labute approximate surface area is 122 Å². The molecule has 0 aliphatic carbocycles. The molecule has 0 atom stereocenters. The summed E-state index contributed by atoms with van der Waals surface area (Å²) >= 11 is 0. The zero-order chi connectivity index (χ0) is 15.2. The molecule has 0 saturated carbocycles.